The van der Waals surface area contributed by atoms with Gasteiger partial charge in [-0.1, -0.05) is 59.8 Å². The molecule has 0 spiro atoms. The first-order chi connectivity index (χ1) is 15.0. The molecule has 0 bridgehead atoms. The Morgan fingerprint density at radius 2 is 1.87 bits per heavy atom. The molecule has 31 heavy (non-hydrogen) atoms. The van der Waals surface area contributed by atoms with Crippen LogP contribution in [0.2, 0.25) is 5.02 Å². The zero-order chi connectivity index (χ0) is 21.7. The normalized spacial score (nSPS) is 18.7. The molecule has 1 saturated heterocycles. The molecule has 4 rings (SSSR count). The van der Waals surface area contributed by atoms with Crippen LogP contribution in [0.15, 0.2) is 82.6 Å². The maximum atomic E-state index is 9.68. The van der Waals surface area contributed by atoms with E-state index in [-0.39, 0.29) is 12.1 Å². The zero-order valence-corrected chi connectivity index (χ0v) is 19.1. The summed E-state index contributed by atoms with van der Waals surface area (Å²) in [6.45, 7) is 5.08. The Hall–Kier alpha value is -2.18. The fourth-order valence-electron chi connectivity index (χ4n) is 3.67. The standard InChI is InChI=1S/C25H27ClN2O2S/c1-25(18-29)17-28(13-12-27-25)24-11-10-22(15-23(24)26)31-21-9-5-8-20(14-21)30-16-19-6-3-2-4-7-19/h2-11,14-15,27,29H,12-13,16-18H2,1H3/t25-/m1/s1. The van der Waals surface area contributed by atoms with E-state index in [1.807, 2.05) is 43.3 Å². The predicted octanol–water partition coefficient (Wildman–Crippen LogP) is 5.23. The van der Waals surface area contributed by atoms with Crippen LogP contribution < -0.4 is 15.0 Å². The van der Waals surface area contributed by atoms with Gasteiger partial charge < -0.3 is 20.1 Å². The molecule has 162 valence electrons. The van der Waals surface area contributed by atoms with Crippen LogP contribution >= 0.6 is 23.4 Å². The summed E-state index contributed by atoms with van der Waals surface area (Å²) in [6.07, 6.45) is 0. The van der Waals surface area contributed by atoms with Gasteiger partial charge in [-0.15, -0.1) is 0 Å². The fourth-order valence-corrected chi connectivity index (χ4v) is 4.94. The Balaban J connectivity index is 1.42. The third kappa shape index (κ3) is 5.74. The second-order valence-electron chi connectivity index (χ2n) is 8.03. The van der Waals surface area contributed by atoms with E-state index < -0.39 is 0 Å². The Kier molecular flexibility index (Phi) is 7.08. The second kappa shape index (κ2) is 9.96. The first kappa shape index (κ1) is 22.0. The molecule has 0 saturated carbocycles. The number of hydrogen-bond donors (Lipinski definition) is 2. The van der Waals surface area contributed by atoms with Gasteiger partial charge in [0.1, 0.15) is 12.4 Å². The Bertz CT molecular complexity index is 1020. The van der Waals surface area contributed by atoms with Gasteiger partial charge in [0, 0.05) is 29.4 Å². The maximum Gasteiger partial charge on any atom is 0.120 e. The van der Waals surface area contributed by atoms with Crippen molar-refractivity contribution in [3.05, 3.63) is 83.4 Å². The van der Waals surface area contributed by atoms with Crippen LogP contribution in [0.25, 0.3) is 0 Å². The molecule has 1 fully saturated rings. The molecule has 0 aromatic heterocycles. The summed E-state index contributed by atoms with van der Waals surface area (Å²) >= 11 is 8.31. The van der Waals surface area contributed by atoms with Gasteiger partial charge in [-0.25, -0.2) is 0 Å². The van der Waals surface area contributed by atoms with E-state index >= 15 is 0 Å². The van der Waals surface area contributed by atoms with Crippen molar-refractivity contribution in [3.8, 4) is 5.75 Å². The molecule has 0 radical (unpaired) electrons. The quantitative estimate of drug-likeness (QED) is 0.511. The SMILES string of the molecule is C[C@]1(CO)CN(c2ccc(Sc3cccc(OCc4ccccc4)c3)cc2Cl)CCN1. The number of benzene rings is 3. The topological polar surface area (TPSA) is 44.7 Å². The zero-order valence-electron chi connectivity index (χ0n) is 17.6. The minimum Gasteiger partial charge on any atom is -0.489 e. The largest absolute Gasteiger partial charge is 0.489 e. The molecule has 2 N–H and O–H groups in total. The van der Waals surface area contributed by atoms with Gasteiger partial charge in [-0.05, 0) is 48.9 Å². The third-order valence-electron chi connectivity index (χ3n) is 5.37. The number of anilines is 1. The number of nitrogens with zero attached hydrogens (tertiary/aromatic N) is 1. The Labute approximate surface area is 193 Å². The smallest absolute Gasteiger partial charge is 0.120 e. The lowest BCUT2D eigenvalue weighted by molar-refractivity contribution is 0.167. The highest BCUT2D eigenvalue weighted by Gasteiger charge is 2.30. The Morgan fingerprint density at radius 3 is 2.65 bits per heavy atom. The van der Waals surface area contributed by atoms with Crippen molar-refractivity contribution >= 4 is 29.1 Å². The summed E-state index contributed by atoms with van der Waals surface area (Å²) in [4.78, 5) is 4.42. The summed E-state index contributed by atoms with van der Waals surface area (Å²) in [5.41, 5.74) is 1.84. The van der Waals surface area contributed by atoms with E-state index in [0.717, 1.165) is 51.4 Å². The van der Waals surface area contributed by atoms with Crippen LogP contribution in [0.5, 0.6) is 5.75 Å². The lowest BCUT2D eigenvalue weighted by Gasteiger charge is -2.41. The van der Waals surface area contributed by atoms with Gasteiger partial charge in [-0.3, -0.25) is 0 Å². The number of piperazine rings is 1. The van der Waals surface area contributed by atoms with Crippen LogP contribution in [0.3, 0.4) is 0 Å². The first-order valence-corrected chi connectivity index (χ1v) is 11.6. The van der Waals surface area contributed by atoms with Gasteiger partial charge in [0.25, 0.3) is 0 Å². The number of ether oxygens (including phenoxy) is 1. The molecule has 0 aliphatic carbocycles. The highest BCUT2D eigenvalue weighted by molar-refractivity contribution is 7.99. The minimum absolute atomic E-state index is 0.0950. The molecule has 1 aliphatic heterocycles. The van der Waals surface area contributed by atoms with Gasteiger partial charge in [0.15, 0.2) is 0 Å². The number of halogens is 1. The molecule has 3 aromatic carbocycles. The number of hydrogen-bond acceptors (Lipinski definition) is 5. The fraction of sp³-hybridized carbons (Fsp3) is 0.280. The minimum atomic E-state index is -0.310. The summed E-state index contributed by atoms with van der Waals surface area (Å²) in [7, 11) is 0. The number of nitrogens with one attached hydrogen (secondary N) is 1. The number of aliphatic hydroxyl groups excluding tert-OH is 1. The van der Waals surface area contributed by atoms with E-state index in [1.165, 1.54) is 0 Å². The summed E-state index contributed by atoms with van der Waals surface area (Å²) in [5, 5.41) is 13.8. The third-order valence-corrected chi connectivity index (χ3v) is 6.65. The molecule has 4 nitrogen and oxygen atoms in total. The molecule has 1 aliphatic rings. The van der Waals surface area contributed by atoms with Crippen molar-refractivity contribution in [2.45, 2.75) is 28.9 Å². The van der Waals surface area contributed by atoms with Crippen molar-refractivity contribution < 1.29 is 9.84 Å². The van der Waals surface area contributed by atoms with Crippen LogP contribution in [-0.4, -0.2) is 36.9 Å². The van der Waals surface area contributed by atoms with E-state index in [9.17, 15) is 5.11 Å². The van der Waals surface area contributed by atoms with Gasteiger partial charge in [0.05, 0.1) is 22.9 Å². The van der Waals surface area contributed by atoms with Crippen LogP contribution in [-0.2, 0) is 6.61 Å². The Morgan fingerprint density at radius 1 is 1.06 bits per heavy atom. The van der Waals surface area contributed by atoms with E-state index in [1.54, 1.807) is 11.8 Å². The van der Waals surface area contributed by atoms with Crippen LogP contribution in [0.4, 0.5) is 5.69 Å². The molecule has 6 heteroatoms. The lowest BCUT2D eigenvalue weighted by Crippen LogP contribution is -2.60. The van der Waals surface area contributed by atoms with Crippen LogP contribution in [0.1, 0.15) is 12.5 Å². The lowest BCUT2D eigenvalue weighted by atomic mass is 10.00. The summed E-state index contributed by atoms with van der Waals surface area (Å²) < 4.78 is 5.95. The summed E-state index contributed by atoms with van der Waals surface area (Å²) in [5.74, 6) is 0.848. The van der Waals surface area contributed by atoms with E-state index in [2.05, 4.69) is 46.6 Å². The predicted molar refractivity (Wildman–Crippen MR) is 128 cm³/mol. The van der Waals surface area contributed by atoms with Crippen molar-refractivity contribution in [1.29, 1.82) is 0 Å². The average Bonchev–Trinajstić information content (AvgIpc) is 2.79. The maximum absolute atomic E-state index is 9.68. The van der Waals surface area contributed by atoms with Gasteiger partial charge in [-0.2, -0.15) is 0 Å². The van der Waals surface area contributed by atoms with E-state index in [0.29, 0.717) is 6.61 Å². The first-order valence-electron chi connectivity index (χ1n) is 10.4. The number of aliphatic hydroxyl groups is 1. The molecule has 3 aromatic rings. The molecular formula is C25H27ClN2O2S. The number of rotatable bonds is 7. The highest BCUT2D eigenvalue weighted by Crippen LogP contribution is 2.36. The summed E-state index contributed by atoms with van der Waals surface area (Å²) in [6, 6.07) is 24.5. The van der Waals surface area contributed by atoms with Crippen molar-refractivity contribution in [1.82, 2.24) is 5.32 Å². The average molecular weight is 455 g/mol. The van der Waals surface area contributed by atoms with Gasteiger partial charge >= 0.3 is 0 Å². The monoisotopic (exact) mass is 454 g/mol. The van der Waals surface area contributed by atoms with Crippen molar-refractivity contribution in [2.24, 2.45) is 0 Å². The van der Waals surface area contributed by atoms with E-state index in [4.69, 9.17) is 16.3 Å². The van der Waals surface area contributed by atoms with Crippen molar-refractivity contribution in [2.75, 3.05) is 31.1 Å². The molecular weight excluding hydrogens is 428 g/mol. The molecule has 0 unspecified atom stereocenters. The highest BCUT2D eigenvalue weighted by atomic mass is 35.5. The van der Waals surface area contributed by atoms with Crippen LogP contribution in [0, 0.1) is 0 Å². The van der Waals surface area contributed by atoms with Crippen molar-refractivity contribution in [3.63, 3.8) is 0 Å². The van der Waals surface area contributed by atoms with Gasteiger partial charge in [0.2, 0.25) is 0 Å². The molecule has 0 amide bonds. The second-order valence-corrected chi connectivity index (χ2v) is 9.59. The molecule has 1 atom stereocenters. The molecule has 1 heterocycles.